The second-order valence-corrected chi connectivity index (χ2v) is 6.40. The van der Waals surface area contributed by atoms with E-state index in [1.54, 1.807) is 24.3 Å². The molecule has 0 aromatic heterocycles. The Labute approximate surface area is 162 Å². The van der Waals surface area contributed by atoms with Crippen molar-refractivity contribution >= 4 is 17.8 Å². The van der Waals surface area contributed by atoms with Crippen LogP contribution < -0.4 is 14.2 Å². The lowest BCUT2D eigenvalue weighted by Gasteiger charge is -2.22. The molecule has 28 heavy (non-hydrogen) atoms. The number of para-hydroxylation sites is 1. The van der Waals surface area contributed by atoms with Gasteiger partial charge in [0, 0.05) is 11.6 Å². The van der Waals surface area contributed by atoms with Crippen molar-refractivity contribution in [3.63, 3.8) is 0 Å². The highest BCUT2D eigenvalue weighted by molar-refractivity contribution is 6.12. The molecule has 4 rings (SSSR count). The summed E-state index contributed by atoms with van der Waals surface area (Å²) in [5, 5.41) is 0. The van der Waals surface area contributed by atoms with Crippen molar-refractivity contribution in [3.8, 4) is 17.2 Å². The maximum Gasteiger partial charge on any atom is 0.343 e. The van der Waals surface area contributed by atoms with Gasteiger partial charge < -0.3 is 18.9 Å². The summed E-state index contributed by atoms with van der Waals surface area (Å²) in [6.45, 7) is 1.71. The number of benzene rings is 2. The molecular weight excluding hydrogens is 360 g/mol. The Balaban J connectivity index is 1.57. The first-order chi connectivity index (χ1) is 13.5. The van der Waals surface area contributed by atoms with Crippen molar-refractivity contribution in [2.45, 2.75) is 13.0 Å². The van der Waals surface area contributed by atoms with E-state index < -0.39 is 5.97 Å². The third-order valence-corrected chi connectivity index (χ3v) is 4.54. The van der Waals surface area contributed by atoms with Crippen LogP contribution in [0.15, 0.2) is 59.9 Å². The summed E-state index contributed by atoms with van der Waals surface area (Å²) in [7, 11) is 1.29. The molecule has 0 aliphatic carbocycles. The first-order valence-electron chi connectivity index (χ1n) is 8.80. The fraction of sp³-hybridized carbons (Fsp3) is 0.182. The molecule has 0 fully saturated rings. The highest BCUT2D eigenvalue weighted by Gasteiger charge is 2.29. The van der Waals surface area contributed by atoms with Crippen molar-refractivity contribution in [2.75, 3.05) is 13.7 Å². The number of allylic oxidation sites excluding steroid dienone is 1. The Morgan fingerprint density at radius 3 is 2.82 bits per heavy atom. The maximum absolute atomic E-state index is 12.7. The van der Waals surface area contributed by atoms with E-state index in [9.17, 15) is 9.59 Å². The molecule has 1 atom stereocenters. The number of ether oxygens (including phenoxy) is 4. The predicted molar refractivity (Wildman–Crippen MR) is 102 cm³/mol. The summed E-state index contributed by atoms with van der Waals surface area (Å²) >= 11 is 0. The van der Waals surface area contributed by atoms with Gasteiger partial charge in [0.25, 0.3) is 0 Å². The van der Waals surface area contributed by atoms with Gasteiger partial charge in [-0.1, -0.05) is 18.2 Å². The number of hydrogen-bond acceptors (Lipinski definition) is 6. The normalized spacial score (nSPS) is 18.5. The molecule has 2 aromatic carbocycles. The molecule has 0 saturated carbocycles. The Morgan fingerprint density at radius 2 is 2.00 bits per heavy atom. The van der Waals surface area contributed by atoms with E-state index in [1.807, 2.05) is 37.3 Å². The first kappa shape index (κ1) is 17.9. The van der Waals surface area contributed by atoms with Crippen LogP contribution in [0.3, 0.4) is 0 Å². The van der Waals surface area contributed by atoms with Crippen molar-refractivity contribution in [1.29, 1.82) is 0 Å². The monoisotopic (exact) mass is 378 g/mol. The van der Waals surface area contributed by atoms with Gasteiger partial charge in [-0.2, -0.15) is 0 Å². The number of hydrogen-bond donors (Lipinski definition) is 0. The molecule has 142 valence electrons. The highest BCUT2D eigenvalue weighted by atomic mass is 16.6. The molecule has 2 aromatic rings. The molecule has 6 nitrogen and oxygen atoms in total. The fourth-order valence-corrected chi connectivity index (χ4v) is 3.03. The lowest BCUT2D eigenvalue weighted by molar-refractivity contribution is -0.142. The van der Waals surface area contributed by atoms with Gasteiger partial charge in [0.05, 0.1) is 12.7 Å². The van der Waals surface area contributed by atoms with Crippen molar-refractivity contribution in [2.24, 2.45) is 0 Å². The van der Waals surface area contributed by atoms with Gasteiger partial charge in [0.2, 0.25) is 5.78 Å². The van der Waals surface area contributed by atoms with Crippen LogP contribution in [0.4, 0.5) is 0 Å². The highest BCUT2D eigenvalue weighted by Crippen LogP contribution is 2.36. The van der Waals surface area contributed by atoms with Crippen LogP contribution in [0.2, 0.25) is 0 Å². The minimum atomic E-state index is -0.489. The summed E-state index contributed by atoms with van der Waals surface area (Å²) in [5.74, 6) is 1.15. The second kappa shape index (κ2) is 7.23. The Hall–Kier alpha value is -3.54. The third-order valence-electron chi connectivity index (χ3n) is 4.54. The lowest BCUT2D eigenvalue weighted by Crippen LogP contribution is -2.18. The average molecular weight is 378 g/mol. The second-order valence-electron chi connectivity index (χ2n) is 6.40. The number of fused-ring (bicyclic) bond motifs is 2. The molecule has 2 aliphatic rings. The van der Waals surface area contributed by atoms with Crippen LogP contribution in [0.5, 0.6) is 17.2 Å². The van der Waals surface area contributed by atoms with Gasteiger partial charge in [-0.3, -0.25) is 4.79 Å². The minimum Gasteiger partial charge on any atom is -0.485 e. The van der Waals surface area contributed by atoms with E-state index >= 15 is 0 Å². The van der Waals surface area contributed by atoms with Crippen molar-refractivity contribution < 1.29 is 28.5 Å². The number of rotatable bonds is 4. The molecule has 2 aliphatic heterocycles. The van der Waals surface area contributed by atoms with Gasteiger partial charge in [-0.05, 0) is 42.8 Å². The first-order valence-corrected chi connectivity index (χ1v) is 8.80. The van der Waals surface area contributed by atoms with Gasteiger partial charge in [-0.25, -0.2) is 4.79 Å². The molecule has 0 N–H and O–H groups in total. The molecule has 0 spiro atoms. The fourth-order valence-electron chi connectivity index (χ4n) is 3.03. The summed E-state index contributed by atoms with van der Waals surface area (Å²) in [4.78, 5) is 23.9. The summed E-state index contributed by atoms with van der Waals surface area (Å²) in [6, 6.07) is 12.5. The smallest absolute Gasteiger partial charge is 0.343 e. The predicted octanol–water partition coefficient (Wildman–Crippen LogP) is 3.56. The topological polar surface area (TPSA) is 71.1 Å². The van der Waals surface area contributed by atoms with Crippen LogP contribution in [0.25, 0.3) is 6.08 Å². The van der Waals surface area contributed by atoms with Crippen LogP contribution in [-0.2, 0) is 9.53 Å². The Morgan fingerprint density at radius 1 is 1.18 bits per heavy atom. The van der Waals surface area contributed by atoms with Gasteiger partial charge >= 0.3 is 5.97 Å². The van der Waals surface area contributed by atoms with Gasteiger partial charge in [0.15, 0.2) is 12.4 Å². The Bertz CT molecular complexity index is 1020. The van der Waals surface area contributed by atoms with E-state index in [4.69, 9.17) is 14.2 Å². The summed E-state index contributed by atoms with van der Waals surface area (Å²) in [6.07, 6.45) is 3.49. The summed E-state index contributed by atoms with van der Waals surface area (Å²) in [5.41, 5.74) is 2.24. The number of esters is 1. The van der Waals surface area contributed by atoms with Gasteiger partial charge in [0.1, 0.15) is 23.4 Å². The maximum atomic E-state index is 12.7. The quantitative estimate of drug-likeness (QED) is 0.598. The number of methoxy groups -OCH3 is 1. The molecule has 2 heterocycles. The van der Waals surface area contributed by atoms with Crippen molar-refractivity contribution in [3.05, 3.63) is 71.0 Å². The molecule has 0 bridgehead atoms. The lowest BCUT2D eigenvalue weighted by atomic mass is 10.0. The third kappa shape index (κ3) is 3.36. The molecule has 6 heteroatoms. The van der Waals surface area contributed by atoms with Crippen LogP contribution in [-0.4, -0.2) is 31.6 Å². The van der Waals surface area contributed by atoms with E-state index in [-0.39, 0.29) is 24.3 Å². The molecule has 0 saturated heterocycles. The Kier molecular flexibility index (Phi) is 4.61. The number of ketones is 1. The standard InChI is InChI=1S/C22H18O6/c1-13-15(9-14-5-3-4-6-18(14)27-13)10-20-22(24)17-8-7-16(11-19(17)28-20)26-12-21(23)25-2/h3-11,13H,12H2,1-2H3/t13-/m1/s1. The number of carbonyl (C=O) groups excluding carboxylic acids is 2. The number of carbonyl (C=O) groups is 2. The van der Waals surface area contributed by atoms with E-state index in [0.717, 1.165) is 16.9 Å². The SMILES string of the molecule is COC(=O)COc1ccc2c(c1)OC(=CC1=Cc3ccccc3O[C@@H]1C)C2=O. The van der Waals surface area contributed by atoms with Crippen LogP contribution >= 0.6 is 0 Å². The van der Waals surface area contributed by atoms with Crippen LogP contribution in [0.1, 0.15) is 22.8 Å². The molecular formula is C22H18O6. The molecule has 0 amide bonds. The van der Waals surface area contributed by atoms with Gasteiger partial charge in [-0.15, -0.1) is 0 Å². The zero-order chi connectivity index (χ0) is 19.7. The minimum absolute atomic E-state index is 0.207. The average Bonchev–Trinajstić information content (AvgIpc) is 3.01. The van der Waals surface area contributed by atoms with E-state index in [1.165, 1.54) is 7.11 Å². The largest absolute Gasteiger partial charge is 0.485 e. The van der Waals surface area contributed by atoms with Crippen molar-refractivity contribution in [1.82, 2.24) is 0 Å². The number of Topliss-reactive ketones (excluding diaryl/α,β-unsaturated/α-hetero) is 1. The zero-order valence-corrected chi connectivity index (χ0v) is 15.4. The molecule has 0 radical (unpaired) electrons. The molecule has 0 unspecified atom stereocenters. The van der Waals surface area contributed by atoms with E-state index in [2.05, 4.69) is 4.74 Å². The van der Waals surface area contributed by atoms with E-state index in [0.29, 0.717) is 17.1 Å². The summed E-state index contributed by atoms with van der Waals surface area (Å²) < 4.78 is 21.5. The zero-order valence-electron chi connectivity index (χ0n) is 15.4. The van der Waals surface area contributed by atoms with Crippen LogP contribution in [0, 0.1) is 0 Å².